The van der Waals surface area contributed by atoms with Crippen molar-refractivity contribution in [2.45, 2.75) is 52.4 Å². The van der Waals surface area contributed by atoms with E-state index in [1.165, 1.54) is 11.8 Å². The molecular formula is C25H31N5O2S. The predicted molar refractivity (Wildman–Crippen MR) is 133 cm³/mol. The molecule has 2 amide bonds. The lowest BCUT2D eigenvalue weighted by atomic mass is 10.1. The minimum Gasteiger partial charge on any atom is -0.351 e. The molecule has 0 saturated heterocycles. The number of benzene rings is 2. The molecule has 0 radical (unpaired) electrons. The van der Waals surface area contributed by atoms with E-state index in [9.17, 15) is 9.59 Å². The maximum absolute atomic E-state index is 12.5. The summed E-state index contributed by atoms with van der Waals surface area (Å²) in [7, 11) is 0. The lowest BCUT2D eigenvalue weighted by Gasteiger charge is -2.11. The largest absolute Gasteiger partial charge is 0.351 e. The second kappa shape index (κ2) is 11.7. The van der Waals surface area contributed by atoms with Crippen molar-refractivity contribution in [2.24, 2.45) is 5.92 Å². The molecule has 1 unspecified atom stereocenters. The van der Waals surface area contributed by atoms with Crippen molar-refractivity contribution in [1.29, 1.82) is 0 Å². The van der Waals surface area contributed by atoms with Crippen LogP contribution in [-0.2, 0) is 22.7 Å². The lowest BCUT2D eigenvalue weighted by Crippen LogP contribution is -2.25. The molecular weight excluding hydrogens is 434 g/mol. The summed E-state index contributed by atoms with van der Waals surface area (Å²) in [6.07, 6.45) is 0.789. The molecule has 0 spiro atoms. The van der Waals surface area contributed by atoms with Crippen molar-refractivity contribution in [3.63, 3.8) is 0 Å². The number of nitrogens with one attached hydrogen (secondary N) is 2. The minimum atomic E-state index is -0.0860. The Bertz CT molecular complexity index is 1110. The van der Waals surface area contributed by atoms with Gasteiger partial charge in [0.2, 0.25) is 11.8 Å². The van der Waals surface area contributed by atoms with E-state index in [2.05, 4.69) is 33.8 Å². The fourth-order valence-electron chi connectivity index (χ4n) is 3.30. The van der Waals surface area contributed by atoms with E-state index < -0.39 is 0 Å². The van der Waals surface area contributed by atoms with Gasteiger partial charge in [-0.05, 0) is 43.5 Å². The van der Waals surface area contributed by atoms with Crippen LogP contribution in [0.25, 0.3) is 11.4 Å². The molecule has 7 nitrogen and oxygen atoms in total. The molecule has 1 heterocycles. The van der Waals surface area contributed by atoms with E-state index in [0.717, 1.165) is 46.3 Å². The first kappa shape index (κ1) is 24.5. The van der Waals surface area contributed by atoms with Crippen LogP contribution in [0, 0.1) is 12.8 Å². The van der Waals surface area contributed by atoms with Crippen LogP contribution < -0.4 is 10.6 Å². The summed E-state index contributed by atoms with van der Waals surface area (Å²) >= 11 is 1.37. The van der Waals surface area contributed by atoms with Crippen LogP contribution in [0.4, 0.5) is 5.69 Å². The maximum Gasteiger partial charge on any atom is 0.230 e. The summed E-state index contributed by atoms with van der Waals surface area (Å²) in [6.45, 7) is 9.09. The van der Waals surface area contributed by atoms with E-state index in [-0.39, 0.29) is 23.5 Å². The van der Waals surface area contributed by atoms with Gasteiger partial charge in [-0.2, -0.15) is 0 Å². The summed E-state index contributed by atoms with van der Waals surface area (Å²) in [5, 5.41) is 15.3. The van der Waals surface area contributed by atoms with E-state index >= 15 is 0 Å². The molecule has 1 aromatic heterocycles. The smallest absolute Gasteiger partial charge is 0.230 e. The molecule has 8 heteroatoms. The van der Waals surface area contributed by atoms with Gasteiger partial charge in [0.25, 0.3) is 0 Å². The van der Waals surface area contributed by atoms with Crippen molar-refractivity contribution < 1.29 is 9.59 Å². The first-order valence-electron chi connectivity index (χ1n) is 11.2. The Morgan fingerprint density at radius 3 is 2.61 bits per heavy atom. The Balaban J connectivity index is 1.56. The molecule has 3 aromatic rings. The number of carbonyl (C=O) groups is 2. The monoisotopic (exact) mass is 465 g/mol. The average Bonchev–Trinajstić information content (AvgIpc) is 3.24. The van der Waals surface area contributed by atoms with Gasteiger partial charge in [-0.1, -0.05) is 62.0 Å². The average molecular weight is 466 g/mol. The Hall–Kier alpha value is -3.13. The van der Waals surface area contributed by atoms with Crippen LogP contribution >= 0.6 is 11.8 Å². The summed E-state index contributed by atoms with van der Waals surface area (Å²) in [5.74, 6) is 0.935. The molecule has 1 atom stereocenters. The third-order valence-electron chi connectivity index (χ3n) is 5.50. The molecule has 3 rings (SSSR count). The van der Waals surface area contributed by atoms with Gasteiger partial charge in [-0.25, -0.2) is 0 Å². The fourth-order valence-corrected chi connectivity index (χ4v) is 4.13. The zero-order valence-electron chi connectivity index (χ0n) is 19.6. The third kappa shape index (κ3) is 6.44. The van der Waals surface area contributed by atoms with Crippen LogP contribution in [0.15, 0.2) is 53.7 Å². The van der Waals surface area contributed by atoms with Crippen molar-refractivity contribution in [3.8, 4) is 11.4 Å². The number of carbonyl (C=O) groups excluding carboxylic acids is 2. The van der Waals surface area contributed by atoms with Gasteiger partial charge in [0, 0.05) is 30.3 Å². The molecule has 33 heavy (non-hydrogen) atoms. The molecule has 2 aromatic carbocycles. The number of rotatable bonds is 10. The molecule has 0 saturated carbocycles. The molecule has 0 aliphatic heterocycles. The van der Waals surface area contributed by atoms with Crippen LogP contribution in [0.1, 0.15) is 38.3 Å². The quantitative estimate of drug-likeness (QED) is 0.425. The Labute approximate surface area is 199 Å². The third-order valence-corrected chi connectivity index (χ3v) is 6.46. The highest BCUT2D eigenvalue weighted by atomic mass is 32.2. The minimum absolute atomic E-state index is 0.000173. The lowest BCUT2D eigenvalue weighted by molar-refractivity contribution is -0.120. The summed E-state index contributed by atoms with van der Waals surface area (Å²) in [4.78, 5) is 24.6. The zero-order valence-corrected chi connectivity index (χ0v) is 20.4. The highest BCUT2D eigenvalue weighted by molar-refractivity contribution is 7.99. The summed E-state index contributed by atoms with van der Waals surface area (Å²) in [6, 6.07) is 15.6. The van der Waals surface area contributed by atoms with Crippen molar-refractivity contribution in [3.05, 3.63) is 59.7 Å². The molecule has 2 N–H and O–H groups in total. The van der Waals surface area contributed by atoms with Gasteiger partial charge < -0.3 is 15.2 Å². The number of hydrogen-bond acceptors (Lipinski definition) is 5. The summed E-state index contributed by atoms with van der Waals surface area (Å²) < 4.78 is 2.03. The normalized spacial score (nSPS) is 11.8. The highest BCUT2D eigenvalue weighted by Crippen LogP contribution is 2.26. The summed E-state index contributed by atoms with van der Waals surface area (Å²) in [5.41, 5.74) is 3.84. The number of amides is 2. The van der Waals surface area contributed by atoms with Gasteiger partial charge in [0.05, 0.1) is 5.75 Å². The van der Waals surface area contributed by atoms with E-state index in [0.29, 0.717) is 6.54 Å². The van der Waals surface area contributed by atoms with Crippen LogP contribution in [-0.4, -0.2) is 32.3 Å². The predicted octanol–water partition coefficient (Wildman–Crippen LogP) is 4.67. The molecule has 0 aliphatic rings. The van der Waals surface area contributed by atoms with Crippen molar-refractivity contribution >= 4 is 29.3 Å². The molecule has 0 fully saturated rings. The van der Waals surface area contributed by atoms with Crippen LogP contribution in [0.3, 0.4) is 0 Å². The standard InChI is InChI=1S/C25H31N5O2S/c1-5-17(3)24(32)27-20-12-9-11-19(14-20)15-26-22(31)16-33-25-29-28-23(30(25)6-2)21-13-8-7-10-18(21)4/h7-14,17H,5-6,15-16H2,1-4H3,(H,26,31)(H,27,32). The Morgan fingerprint density at radius 1 is 1.09 bits per heavy atom. The van der Waals surface area contributed by atoms with Crippen molar-refractivity contribution in [1.82, 2.24) is 20.1 Å². The number of thioether (sulfide) groups is 1. The Morgan fingerprint density at radius 2 is 1.88 bits per heavy atom. The van der Waals surface area contributed by atoms with Crippen LogP contribution in [0.2, 0.25) is 0 Å². The number of anilines is 1. The maximum atomic E-state index is 12.5. The van der Waals surface area contributed by atoms with E-state index in [1.807, 2.05) is 67.8 Å². The first-order valence-corrected chi connectivity index (χ1v) is 12.2. The van der Waals surface area contributed by atoms with Gasteiger partial charge >= 0.3 is 0 Å². The number of aryl methyl sites for hydroxylation is 1. The van der Waals surface area contributed by atoms with E-state index in [4.69, 9.17) is 0 Å². The van der Waals surface area contributed by atoms with Gasteiger partial charge in [0.1, 0.15) is 0 Å². The van der Waals surface area contributed by atoms with Gasteiger partial charge in [0.15, 0.2) is 11.0 Å². The topological polar surface area (TPSA) is 88.9 Å². The van der Waals surface area contributed by atoms with Gasteiger partial charge in [-0.3, -0.25) is 9.59 Å². The van der Waals surface area contributed by atoms with Crippen LogP contribution in [0.5, 0.6) is 0 Å². The Kier molecular flexibility index (Phi) is 8.65. The van der Waals surface area contributed by atoms with Gasteiger partial charge in [-0.15, -0.1) is 10.2 Å². The molecule has 174 valence electrons. The SMILES string of the molecule is CCC(C)C(=O)Nc1cccc(CNC(=O)CSc2nnc(-c3ccccc3C)n2CC)c1. The highest BCUT2D eigenvalue weighted by Gasteiger charge is 2.16. The molecule has 0 bridgehead atoms. The fraction of sp³-hybridized carbons (Fsp3) is 0.360. The second-order valence-electron chi connectivity index (χ2n) is 7.93. The van der Waals surface area contributed by atoms with Crippen molar-refractivity contribution in [2.75, 3.05) is 11.1 Å². The number of aromatic nitrogens is 3. The van der Waals surface area contributed by atoms with E-state index in [1.54, 1.807) is 0 Å². The zero-order chi connectivity index (χ0) is 23.8. The second-order valence-corrected chi connectivity index (χ2v) is 8.87. The number of nitrogens with zero attached hydrogens (tertiary/aromatic N) is 3. The molecule has 0 aliphatic carbocycles. The number of hydrogen-bond donors (Lipinski definition) is 2. The first-order chi connectivity index (χ1) is 15.9.